The van der Waals surface area contributed by atoms with E-state index in [9.17, 15) is 8.78 Å². The van der Waals surface area contributed by atoms with Gasteiger partial charge in [0.2, 0.25) is 5.88 Å². The maximum absolute atomic E-state index is 13.7. The van der Waals surface area contributed by atoms with Crippen LogP contribution in [-0.4, -0.2) is 29.5 Å². The predicted octanol–water partition coefficient (Wildman–Crippen LogP) is 4.53. The van der Waals surface area contributed by atoms with E-state index in [1.165, 1.54) is 18.6 Å². The van der Waals surface area contributed by atoms with E-state index < -0.39 is 11.6 Å². The molecule has 0 amide bonds. The van der Waals surface area contributed by atoms with Crippen LogP contribution in [0.4, 0.5) is 8.78 Å². The monoisotopic (exact) mass is 346 g/mol. The standard InChI is InChI=1S/C20H24F2N2O/c1-2-10-24-11-8-15(9-12-24)19-4-3-5-20(23-19)25-14-16-6-7-17(21)13-18(16)22/h3-7,13,15H,2,8-12,14H2,1H3. The summed E-state index contributed by atoms with van der Waals surface area (Å²) in [5.74, 6) is -0.258. The molecule has 1 saturated heterocycles. The number of pyridine rings is 1. The van der Waals surface area contributed by atoms with E-state index in [2.05, 4.69) is 16.8 Å². The highest BCUT2D eigenvalue weighted by Crippen LogP contribution is 2.28. The lowest BCUT2D eigenvalue weighted by atomic mass is 9.93. The number of nitrogens with zero attached hydrogens (tertiary/aromatic N) is 2. The molecule has 0 aliphatic carbocycles. The first kappa shape index (κ1) is 17.8. The van der Waals surface area contributed by atoms with Gasteiger partial charge in [-0.05, 0) is 57.1 Å². The number of hydrogen-bond donors (Lipinski definition) is 0. The fraction of sp³-hybridized carbons (Fsp3) is 0.450. The molecule has 0 bridgehead atoms. The smallest absolute Gasteiger partial charge is 0.213 e. The van der Waals surface area contributed by atoms with Gasteiger partial charge >= 0.3 is 0 Å². The fourth-order valence-corrected chi connectivity index (χ4v) is 3.30. The van der Waals surface area contributed by atoms with Gasteiger partial charge in [-0.15, -0.1) is 0 Å². The summed E-state index contributed by atoms with van der Waals surface area (Å²) < 4.78 is 32.2. The minimum Gasteiger partial charge on any atom is -0.473 e. The zero-order valence-electron chi connectivity index (χ0n) is 14.5. The van der Waals surface area contributed by atoms with Crippen molar-refractivity contribution in [3.8, 4) is 5.88 Å². The second-order valence-corrected chi connectivity index (χ2v) is 6.54. The van der Waals surface area contributed by atoms with Crippen molar-refractivity contribution in [2.24, 2.45) is 0 Å². The summed E-state index contributed by atoms with van der Waals surface area (Å²) in [6.45, 7) is 5.61. The van der Waals surface area contributed by atoms with E-state index in [0.717, 1.165) is 44.2 Å². The molecule has 2 heterocycles. The van der Waals surface area contributed by atoms with Gasteiger partial charge in [-0.1, -0.05) is 13.0 Å². The molecule has 3 nitrogen and oxygen atoms in total. The summed E-state index contributed by atoms with van der Waals surface area (Å²) in [5.41, 5.74) is 1.36. The molecule has 0 spiro atoms. The molecule has 1 aliphatic heterocycles. The van der Waals surface area contributed by atoms with E-state index >= 15 is 0 Å². The number of hydrogen-bond acceptors (Lipinski definition) is 3. The van der Waals surface area contributed by atoms with Crippen molar-refractivity contribution >= 4 is 0 Å². The molecular weight excluding hydrogens is 322 g/mol. The molecule has 0 radical (unpaired) electrons. The molecule has 0 atom stereocenters. The number of rotatable bonds is 6. The molecule has 1 aromatic carbocycles. The summed E-state index contributed by atoms with van der Waals surface area (Å²) >= 11 is 0. The summed E-state index contributed by atoms with van der Waals surface area (Å²) in [6.07, 6.45) is 3.39. The van der Waals surface area contributed by atoms with Crippen molar-refractivity contribution in [1.82, 2.24) is 9.88 Å². The average molecular weight is 346 g/mol. The van der Waals surface area contributed by atoms with Crippen LogP contribution in [0.1, 0.15) is 43.4 Å². The van der Waals surface area contributed by atoms with Crippen molar-refractivity contribution in [2.45, 2.75) is 38.7 Å². The largest absolute Gasteiger partial charge is 0.473 e. The van der Waals surface area contributed by atoms with E-state index in [0.29, 0.717) is 17.4 Å². The fourth-order valence-electron chi connectivity index (χ4n) is 3.30. The van der Waals surface area contributed by atoms with E-state index in [4.69, 9.17) is 4.74 Å². The van der Waals surface area contributed by atoms with Crippen molar-refractivity contribution in [1.29, 1.82) is 0 Å². The zero-order valence-corrected chi connectivity index (χ0v) is 14.5. The third-order valence-corrected chi connectivity index (χ3v) is 4.68. The van der Waals surface area contributed by atoms with Gasteiger partial charge in [0.15, 0.2) is 0 Å². The van der Waals surface area contributed by atoms with Crippen LogP contribution in [0.25, 0.3) is 0 Å². The summed E-state index contributed by atoms with van der Waals surface area (Å²) in [5, 5.41) is 0. The zero-order chi connectivity index (χ0) is 17.6. The second-order valence-electron chi connectivity index (χ2n) is 6.54. The minimum absolute atomic E-state index is 0.0392. The Balaban J connectivity index is 1.60. The van der Waals surface area contributed by atoms with Crippen molar-refractivity contribution in [3.63, 3.8) is 0 Å². The Hall–Kier alpha value is -2.01. The van der Waals surface area contributed by atoms with Crippen LogP contribution in [0, 0.1) is 11.6 Å². The maximum atomic E-state index is 13.7. The van der Waals surface area contributed by atoms with Gasteiger partial charge in [-0.25, -0.2) is 13.8 Å². The Labute approximate surface area is 147 Å². The third-order valence-electron chi connectivity index (χ3n) is 4.68. The molecular formula is C20H24F2N2O. The van der Waals surface area contributed by atoms with Gasteiger partial charge in [0.05, 0.1) is 0 Å². The van der Waals surface area contributed by atoms with Gasteiger partial charge in [0, 0.05) is 29.3 Å². The molecule has 1 aliphatic rings. The van der Waals surface area contributed by atoms with Gasteiger partial charge < -0.3 is 9.64 Å². The Bertz CT molecular complexity index is 700. The highest BCUT2D eigenvalue weighted by Gasteiger charge is 2.21. The number of halogens is 2. The summed E-state index contributed by atoms with van der Waals surface area (Å²) in [6, 6.07) is 9.24. The Morgan fingerprint density at radius 1 is 1.16 bits per heavy atom. The topological polar surface area (TPSA) is 25.4 Å². The van der Waals surface area contributed by atoms with Gasteiger partial charge in [-0.2, -0.15) is 0 Å². The lowest BCUT2D eigenvalue weighted by Crippen LogP contribution is -2.33. The number of piperidine rings is 1. The molecule has 0 saturated carbocycles. The first-order valence-electron chi connectivity index (χ1n) is 8.91. The first-order chi connectivity index (χ1) is 12.2. The minimum atomic E-state index is -0.598. The number of likely N-dealkylation sites (tertiary alicyclic amines) is 1. The molecule has 25 heavy (non-hydrogen) atoms. The predicted molar refractivity (Wildman–Crippen MR) is 93.6 cm³/mol. The molecule has 5 heteroatoms. The molecule has 0 unspecified atom stereocenters. The van der Waals surface area contributed by atoms with E-state index in [1.807, 2.05) is 12.1 Å². The Morgan fingerprint density at radius 2 is 1.96 bits per heavy atom. The van der Waals surface area contributed by atoms with Gasteiger partial charge in [0.1, 0.15) is 18.2 Å². The number of benzene rings is 1. The highest BCUT2D eigenvalue weighted by molar-refractivity contribution is 5.21. The van der Waals surface area contributed by atoms with Crippen molar-refractivity contribution in [2.75, 3.05) is 19.6 Å². The Morgan fingerprint density at radius 3 is 2.68 bits per heavy atom. The normalized spacial score (nSPS) is 16.1. The molecule has 3 rings (SSSR count). The second kappa shape index (κ2) is 8.39. The van der Waals surface area contributed by atoms with Crippen LogP contribution < -0.4 is 4.74 Å². The lowest BCUT2D eigenvalue weighted by molar-refractivity contribution is 0.210. The van der Waals surface area contributed by atoms with Crippen LogP contribution in [0.15, 0.2) is 36.4 Å². The quantitative estimate of drug-likeness (QED) is 0.768. The molecule has 1 fully saturated rings. The average Bonchev–Trinajstić information content (AvgIpc) is 2.62. The van der Waals surface area contributed by atoms with Crippen molar-refractivity contribution < 1.29 is 13.5 Å². The molecule has 134 valence electrons. The Kier molecular flexibility index (Phi) is 5.97. The molecule has 1 aromatic heterocycles. The molecule has 2 aromatic rings. The van der Waals surface area contributed by atoms with E-state index in [-0.39, 0.29) is 6.61 Å². The van der Waals surface area contributed by atoms with Gasteiger partial charge in [-0.3, -0.25) is 0 Å². The van der Waals surface area contributed by atoms with E-state index in [1.54, 1.807) is 6.07 Å². The third kappa shape index (κ3) is 4.75. The first-order valence-corrected chi connectivity index (χ1v) is 8.91. The van der Waals surface area contributed by atoms with Crippen LogP contribution in [0.3, 0.4) is 0 Å². The number of aromatic nitrogens is 1. The SMILES string of the molecule is CCCN1CCC(c2cccc(OCc3ccc(F)cc3F)n2)CC1. The van der Waals surface area contributed by atoms with Crippen molar-refractivity contribution in [3.05, 3.63) is 59.3 Å². The van der Waals surface area contributed by atoms with Crippen LogP contribution in [0.5, 0.6) is 5.88 Å². The lowest BCUT2D eigenvalue weighted by Gasteiger charge is -2.31. The highest BCUT2D eigenvalue weighted by atomic mass is 19.1. The summed E-state index contributed by atoms with van der Waals surface area (Å²) in [4.78, 5) is 7.09. The van der Waals surface area contributed by atoms with Crippen LogP contribution in [-0.2, 0) is 6.61 Å². The molecule has 0 N–H and O–H groups in total. The van der Waals surface area contributed by atoms with Crippen LogP contribution in [0.2, 0.25) is 0 Å². The van der Waals surface area contributed by atoms with Gasteiger partial charge in [0.25, 0.3) is 0 Å². The maximum Gasteiger partial charge on any atom is 0.213 e. The van der Waals surface area contributed by atoms with Crippen LogP contribution >= 0.6 is 0 Å². The summed E-state index contributed by atoms with van der Waals surface area (Å²) in [7, 11) is 0. The number of ether oxygens (including phenoxy) is 1.